The zero-order chi connectivity index (χ0) is 27.2. The SMILES string of the molecule is COc1cc(/C=C2/C[C@H]3[C@@H]4CCC5=CC(=O)CC[C@]5(C)[C@H]4CC[C@]3(C)C2=O)ccc1OCCCn1ccnc1. The van der Waals surface area contributed by atoms with E-state index in [4.69, 9.17) is 9.47 Å². The number of hydrogen-bond acceptors (Lipinski definition) is 5. The minimum atomic E-state index is -0.280. The number of carbonyl (C=O) groups excluding carboxylic acids is 2. The number of allylic oxidation sites excluding steroid dienone is 2. The van der Waals surface area contributed by atoms with Crippen LogP contribution in [0, 0.1) is 28.6 Å². The van der Waals surface area contributed by atoms with Crippen molar-refractivity contribution in [1.82, 2.24) is 9.55 Å². The summed E-state index contributed by atoms with van der Waals surface area (Å²) in [4.78, 5) is 30.1. The molecule has 6 nitrogen and oxygen atoms in total. The molecule has 1 aromatic heterocycles. The molecule has 0 N–H and O–H groups in total. The number of nitrogens with zero attached hydrogens (tertiary/aromatic N) is 2. The number of imidazole rings is 1. The molecule has 3 saturated carbocycles. The van der Waals surface area contributed by atoms with Gasteiger partial charge in [-0.3, -0.25) is 9.59 Å². The lowest BCUT2D eigenvalue weighted by Crippen LogP contribution is -2.50. The molecule has 206 valence electrons. The van der Waals surface area contributed by atoms with Crippen LogP contribution in [0.2, 0.25) is 0 Å². The molecule has 1 aromatic carbocycles. The minimum absolute atomic E-state index is 0.121. The number of carbonyl (C=O) groups is 2. The van der Waals surface area contributed by atoms with Crippen molar-refractivity contribution in [2.24, 2.45) is 28.6 Å². The predicted octanol–water partition coefficient (Wildman–Crippen LogP) is 6.46. The van der Waals surface area contributed by atoms with Crippen molar-refractivity contribution in [3.05, 3.63) is 59.7 Å². The number of aromatic nitrogens is 2. The van der Waals surface area contributed by atoms with Crippen molar-refractivity contribution in [2.45, 2.75) is 71.8 Å². The molecule has 4 aliphatic rings. The van der Waals surface area contributed by atoms with E-state index in [-0.39, 0.29) is 10.8 Å². The second-order valence-corrected chi connectivity index (χ2v) is 12.5. The molecule has 5 atom stereocenters. The Kier molecular flexibility index (Phi) is 6.76. The Hall–Kier alpha value is -3.15. The quantitative estimate of drug-likeness (QED) is 0.305. The fraction of sp³-hybridized carbons (Fsp3) is 0.545. The van der Waals surface area contributed by atoms with Crippen LogP contribution in [0.25, 0.3) is 6.08 Å². The second-order valence-electron chi connectivity index (χ2n) is 12.5. The molecule has 2 aromatic rings. The summed E-state index contributed by atoms with van der Waals surface area (Å²) < 4.78 is 13.7. The molecular formula is C33H40N2O4. The van der Waals surface area contributed by atoms with Gasteiger partial charge in [-0.05, 0) is 104 Å². The van der Waals surface area contributed by atoms with Crippen LogP contribution in [0.1, 0.15) is 70.8 Å². The van der Waals surface area contributed by atoms with E-state index in [1.807, 2.05) is 41.4 Å². The monoisotopic (exact) mass is 528 g/mol. The highest BCUT2D eigenvalue weighted by Gasteiger charge is 2.60. The van der Waals surface area contributed by atoms with Crippen molar-refractivity contribution in [2.75, 3.05) is 13.7 Å². The molecular weight excluding hydrogens is 488 g/mol. The zero-order valence-corrected chi connectivity index (χ0v) is 23.4. The number of benzene rings is 1. The van der Waals surface area contributed by atoms with Crippen LogP contribution >= 0.6 is 0 Å². The molecule has 0 amide bonds. The van der Waals surface area contributed by atoms with Crippen LogP contribution in [0.3, 0.4) is 0 Å². The van der Waals surface area contributed by atoms with Crippen LogP contribution in [-0.4, -0.2) is 34.8 Å². The maximum Gasteiger partial charge on any atom is 0.165 e. The molecule has 0 unspecified atom stereocenters. The third-order valence-electron chi connectivity index (χ3n) is 10.5. The molecule has 0 radical (unpaired) electrons. The average Bonchev–Trinajstić information content (AvgIpc) is 3.54. The van der Waals surface area contributed by atoms with E-state index in [1.54, 1.807) is 13.3 Å². The largest absolute Gasteiger partial charge is 0.493 e. The molecule has 3 fully saturated rings. The van der Waals surface area contributed by atoms with E-state index in [9.17, 15) is 9.59 Å². The van der Waals surface area contributed by atoms with Crippen molar-refractivity contribution in [3.63, 3.8) is 0 Å². The van der Waals surface area contributed by atoms with E-state index < -0.39 is 0 Å². The number of fused-ring (bicyclic) bond motifs is 5. The van der Waals surface area contributed by atoms with Crippen molar-refractivity contribution < 1.29 is 19.1 Å². The highest BCUT2D eigenvalue weighted by atomic mass is 16.5. The number of hydrogen-bond donors (Lipinski definition) is 0. The Morgan fingerprint density at radius 3 is 2.74 bits per heavy atom. The molecule has 0 saturated heterocycles. The molecule has 0 bridgehead atoms. The number of Topliss-reactive ketones (excluding diaryl/α,β-unsaturated/α-hetero) is 1. The maximum atomic E-state index is 13.9. The molecule has 39 heavy (non-hydrogen) atoms. The van der Waals surface area contributed by atoms with E-state index in [0.29, 0.717) is 48.1 Å². The first-order valence-corrected chi connectivity index (χ1v) is 14.6. The van der Waals surface area contributed by atoms with Crippen LogP contribution in [0.15, 0.2) is 54.1 Å². The summed E-state index contributed by atoms with van der Waals surface area (Å²) >= 11 is 0. The van der Waals surface area contributed by atoms with Gasteiger partial charge >= 0.3 is 0 Å². The molecule has 0 aliphatic heterocycles. The van der Waals surface area contributed by atoms with Gasteiger partial charge in [0.1, 0.15) is 0 Å². The second kappa shape index (κ2) is 10.1. The molecule has 1 heterocycles. The lowest BCUT2D eigenvalue weighted by molar-refractivity contribution is -0.130. The summed E-state index contributed by atoms with van der Waals surface area (Å²) in [6.45, 7) is 6.05. The Bertz CT molecular complexity index is 1330. The third-order valence-corrected chi connectivity index (χ3v) is 10.5. The van der Waals surface area contributed by atoms with Crippen molar-refractivity contribution in [3.8, 4) is 11.5 Å². The van der Waals surface area contributed by atoms with Gasteiger partial charge in [-0.1, -0.05) is 25.5 Å². The van der Waals surface area contributed by atoms with Gasteiger partial charge in [0.05, 0.1) is 20.0 Å². The number of ketones is 2. The number of ether oxygens (including phenoxy) is 2. The van der Waals surface area contributed by atoms with Gasteiger partial charge < -0.3 is 14.0 Å². The van der Waals surface area contributed by atoms with E-state index >= 15 is 0 Å². The van der Waals surface area contributed by atoms with Crippen LogP contribution in [0.5, 0.6) is 11.5 Å². The Labute approximate surface area is 231 Å². The van der Waals surface area contributed by atoms with Gasteiger partial charge in [0.15, 0.2) is 23.1 Å². The standard InChI is InChI=1S/C33H40N2O4/c1-32-11-9-25(36)20-24(32)6-7-26-27(32)10-12-33(2)28(26)19-23(31(33)37)17-22-5-8-29(30(18-22)38-3)39-16-4-14-35-15-13-34-21-35/h5,8,13,15,17-18,20-21,26-28H,4,6-7,9-12,14,16,19H2,1-3H3/b23-17-/t26-,27+,28+,32+,33+/m1/s1. The summed E-state index contributed by atoms with van der Waals surface area (Å²) in [5.74, 6) is 3.53. The van der Waals surface area contributed by atoms with Crippen LogP contribution in [0.4, 0.5) is 0 Å². The zero-order valence-electron chi connectivity index (χ0n) is 23.4. The fourth-order valence-corrected chi connectivity index (χ4v) is 8.30. The predicted molar refractivity (Wildman–Crippen MR) is 150 cm³/mol. The molecule has 6 heteroatoms. The number of aryl methyl sites for hydroxylation is 1. The number of rotatable bonds is 7. The number of methoxy groups -OCH3 is 1. The fourth-order valence-electron chi connectivity index (χ4n) is 8.30. The van der Waals surface area contributed by atoms with Crippen LogP contribution < -0.4 is 9.47 Å². The summed E-state index contributed by atoms with van der Waals surface area (Å²) in [5.41, 5.74) is 3.14. The van der Waals surface area contributed by atoms with E-state index in [2.05, 4.69) is 24.9 Å². The lowest BCUT2D eigenvalue weighted by atomic mass is 9.47. The van der Waals surface area contributed by atoms with Gasteiger partial charge in [0, 0.05) is 30.8 Å². The van der Waals surface area contributed by atoms with E-state index in [1.165, 1.54) is 5.57 Å². The van der Waals surface area contributed by atoms with Crippen molar-refractivity contribution >= 4 is 17.6 Å². The van der Waals surface area contributed by atoms with Gasteiger partial charge in [0.25, 0.3) is 0 Å². The average molecular weight is 529 g/mol. The van der Waals surface area contributed by atoms with Gasteiger partial charge in [-0.2, -0.15) is 0 Å². The van der Waals surface area contributed by atoms with Gasteiger partial charge in [-0.25, -0.2) is 4.98 Å². The Morgan fingerprint density at radius 1 is 1.08 bits per heavy atom. The topological polar surface area (TPSA) is 70.4 Å². The minimum Gasteiger partial charge on any atom is -0.493 e. The normalized spacial score (nSPS) is 32.8. The first-order valence-electron chi connectivity index (χ1n) is 14.6. The smallest absolute Gasteiger partial charge is 0.165 e. The third kappa shape index (κ3) is 4.56. The summed E-state index contributed by atoms with van der Waals surface area (Å²) in [6, 6.07) is 5.96. The first kappa shape index (κ1) is 26.1. The summed E-state index contributed by atoms with van der Waals surface area (Å²) in [5, 5.41) is 0. The van der Waals surface area contributed by atoms with Gasteiger partial charge in [0.2, 0.25) is 0 Å². The Morgan fingerprint density at radius 2 is 1.95 bits per heavy atom. The summed E-state index contributed by atoms with van der Waals surface area (Å²) in [6.07, 6.45) is 17.1. The molecule has 6 rings (SSSR count). The van der Waals surface area contributed by atoms with E-state index in [0.717, 1.165) is 68.4 Å². The Balaban J connectivity index is 1.18. The van der Waals surface area contributed by atoms with Gasteiger partial charge in [-0.15, -0.1) is 0 Å². The first-order chi connectivity index (χ1) is 18.8. The molecule has 4 aliphatic carbocycles. The van der Waals surface area contributed by atoms with Crippen LogP contribution in [-0.2, 0) is 16.1 Å². The summed E-state index contributed by atoms with van der Waals surface area (Å²) in [7, 11) is 1.66. The highest BCUT2D eigenvalue weighted by Crippen LogP contribution is 2.65. The van der Waals surface area contributed by atoms with Crippen molar-refractivity contribution in [1.29, 1.82) is 0 Å². The highest BCUT2D eigenvalue weighted by molar-refractivity contribution is 6.06. The molecule has 0 spiro atoms. The maximum absolute atomic E-state index is 13.9. The lowest BCUT2D eigenvalue weighted by Gasteiger charge is -2.56.